The van der Waals surface area contributed by atoms with Crippen LogP contribution in [0.25, 0.3) is 0 Å². The van der Waals surface area contributed by atoms with Gasteiger partial charge in [0, 0.05) is 15.2 Å². The van der Waals surface area contributed by atoms with Gasteiger partial charge in [-0.15, -0.1) is 0 Å². The van der Waals surface area contributed by atoms with Crippen LogP contribution in [0.5, 0.6) is 0 Å². The van der Waals surface area contributed by atoms with Crippen molar-refractivity contribution in [2.24, 2.45) is 82.9 Å². The van der Waals surface area contributed by atoms with Crippen LogP contribution in [0.4, 0.5) is 39.5 Å². The maximum absolute atomic E-state index is 13.6. The Kier molecular flexibility index (Phi) is 27.0. The average Bonchev–Trinajstić information content (AvgIpc) is 0.743. The van der Waals surface area contributed by atoms with E-state index in [1.807, 2.05) is 39.8 Å². The van der Waals surface area contributed by atoms with Gasteiger partial charge in [-0.05, 0) is 410 Å². The van der Waals surface area contributed by atoms with Crippen molar-refractivity contribution in [2.45, 2.75) is 303 Å². The number of benzene rings is 6. The molecule has 6 aromatic rings. The van der Waals surface area contributed by atoms with E-state index < -0.39 is 42.5 Å². The molecule has 0 aromatic heterocycles. The Balaban J connectivity index is 0.000000147. The molecule has 578 valence electrons. The monoisotopic (exact) mass is 1460 g/mol. The Labute approximate surface area is 639 Å². The zero-order valence-corrected chi connectivity index (χ0v) is 66.6. The normalized spacial score (nSPS) is 30.4. The summed E-state index contributed by atoms with van der Waals surface area (Å²) >= 11 is 0. The minimum atomic E-state index is -1.33. The highest BCUT2D eigenvalue weighted by atomic mass is 19.2. The number of hydrogen-bond donors (Lipinski definition) is 0. The Bertz CT molecular complexity index is 4200. The lowest BCUT2D eigenvalue weighted by Crippen LogP contribution is -2.29. The van der Waals surface area contributed by atoms with Gasteiger partial charge in [-0.3, -0.25) is 0 Å². The van der Waals surface area contributed by atoms with Gasteiger partial charge in [0.05, 0.1) is 0 Å². The molecule has 0 nitrogen and oxygen atoms in total. The van der Waals surface area contributed by atoms with Crippen LogP contribution in [0, 0.1) is 177 Å². The fourth-order valence-corrected chi connectivity index (χ4v) is 18.3. The summed E-state index contributed by atoms with van der Waals surface area (Å²) in [5, 5.41) is 0. The Morgan fingerprint density at radius 1 is 0.276 bits per heavy atom. The number of hydrogen-bond acceptors (Lipinski definition) is 0. The molecule has 0 N–H and O–H groups in total. The van der Waals surface area contributed by atoms with Gasteiger partial charge < -0.3 is 0 Å². The molecule has 6 aromatic carbocycles. The second-order valence-electron chi connectivity index (χ2n) is 34.8. The minimum absolute atomic E-state index is 0.00144. The summed E-state index contributed by atoms with van der Waals surface area (Å²) in [5.74, 6) is 3.20. The first-order valence-electron chi connectivity index (χ1n) is 44.2. The van der Waals surface area contributed by atoms with E-state index >= 15 is 0 Å². The molecule has 9 heteroatoms. The third kappa shape index (κ3) is 22.7. The van der Waals surface area contributed by atoms with Crippen LogP contribution in [0.1, 0.15) is 294 Å². The smallest absolute Gasteiger partial charge is 0.162 e. The van der Waals surface area contributed by atoms with Crippen molar-refractivity contribution in [1.82, 2.24) is 0 Å². The van der Waals surface area contributed by atoms with Gasteiger partial charge in [-0.25, -0.2) is 39.5 Å². The molecule has 15 atom stereocenters. The first kappa shape index (κ1) is 73.8. The summed E-state index contributed by atoms with van der Waals surface area (Å²) in [5.41, 5.74) is 15.0. The van der Waals surface area contributed by atoms with Crippen LogP contribution in [0.2, 0.25) is 0 Å². The molecule has 15 unspecified atom stereocenters. The molecule has 105 heavy (non-hydrogen) atoms. The van der Waals surface area contributed by atoms with Crippen molar-refractivity contribution in [3.63, 3.8) is 0 Å². The lowest BCUT2D eigenvalue weighted by atomic mass is 9.65. The van der Waals surface area contributed by atoms with Crippen LogP contribution >= 0.6 is 0 Å². The van der Waals surface area contributed by atoms with E-state index in [1.165, 1.54) is 60.6 Å². The fourth-order valence-electron chi connectivity index (χ4n) is 18.3. The zero-order valence-electron chi connectivity index (χ0n) is 73.6. The Hall–Kier alpha value is -5.31. The molecule has 4 saturated carbocycles. The summed E-state index contributed by atoms with van der Waals surface area (Å²) in [7, 11) is 0. The lowest BCUT2D eigenvalue weighted by molar-refractivity contribution is 0.109. The third-order valence-corrected chi connectivity index (χ3v) is 25.0. The van der Waals surface area contributed by atoms with Gasteiger partial charge in [0.15, 0.2) is 11.6 Å². The fraction of sp³-hybridized carbons (Fsp3) is 0.625. The second-order valence-corrected chi connectivity index (χ2v) is 34.8. The summed E-state index contributed by atoms with van der Waals surface area (Å²) in [6.45, 7) is 31.5. The Morgan fingerprint density at radius 3 is 1.36 bits per heavy atom. The van der Waals surface area contributed by atoms with E-state index in [2.05, 4.69) is 67.5 Å². The van der Waals surface area contributed by atoms with Crippen LogP contribution in [0.3, 0.4) is 0 Å². The van der Waals surface area contributed by atoms with Gasteiger partial charge in [0.1, 0.15) is 40.7 Å². The summed E-state index contributed by atoms with van der Waals surface area (Å²) in [6, 6.07) is 16.1. The Morgan fingerprint density at radius 2 is 0.733 bits per heavy atom. The minimum Gasteiger partial charge on any atom is -0.207 e. The summed E-state index contributed by atoms with van der Waals surface area (Å²) < 4.78 is 178. The maximum Gasteiger partial charge on any atom is 0.162 e. The van der Waals surface area contributed by atoms with E-state index in [-0.39, 0.29) is 64.6 Å². The maximum atomic E-state index is 13.6. The average molecular weight is 1460 g/mol. The molecule has 0 spiro atoms. The van der Waals surface area contributed by atoms with E-state index in [1.54, 1.807) is 39.0 Å². The van der Waals surface area contributed by atoms with Crippen molar-refractivity contribution >= 4 is 0 Å². The predicted octanol–water partition coefficient (Wildman–Crippen LogP) is 27.7. The van der Waals surface area contributed by atoms with Crippen LogP contribution in [-0.4, -0.2) is 0 Å². The summed E-state index contributed by atoms with van der Waals surface area (Å²) in [4.78, 5) is 0. The number of aryl methyl sites for hydroxylation is 8. The van der Waals surface area contributed by atoms with E-state index in [9.17, 15) is 39.5 Å². The van der Waals surface area contributed by atoms with Crippen LogP contribution < -0.4 is 0 Å². The van der Waals surface area contributed by atoms with Crippen molar-refractivity contribution in [1.29, 1.82) is 0 Å². The van der Waals surface area contributed by atoms with Crippen molar-refractivity contribution in [3.8, 4) is 0 Å². The number of rotatable bonds is 0. The molecule has 0 aliphatic heterocycles. The van der Waals surface area contributed by atoms with Crippen molar-refractivity contribution in [3.05, 3.63) is 207 Å². The van der Waals surface area contributed by atoms with E-state index in [0.29, 0.717) is 101 Å². The second kappa shape index (κ2) is 38.4. The highest BCUT2D eigenvalue weighted by molar-refractivity contribution is 5.41. The first-order valence-corrected chi connectivity index (χ1v) is 40.6. The molecule has 0 bridgehead atoms. The molecule has 0 saturated heterocycles. The van der Waals surface area contributed by atoms with Crippen LogP contribution in [-0.2, 0) is 77.0 Å². The van der Waals surface area contributed by atoms with Gasteiger partial charge in [0.25, 0.3) is 0 Å². The molecule has 4 fully saturated rings. The zero-order chi connectivity index (χ0) is 82.5. The quantitative estimate of drug-likeness (QED) is 0.133. The summed E-state index contributed by atoms with van der Waals surface area (Å²) in [6.07, 6.45) is 21.1. The highest BCUT2D eigenvalue weighted by Gasteiger charge is 2.35. The first-order chi connectivity index (χ1) is 52.5. The topological polar surface area (TPSA) is 0 Å². The molecular weight excluding hydrogens is 1320 g/mol. The molecule has 10 aliphatic carbocycles. The standard InChI is InChI=1S/3C12H14F2.3C12H15F.2C12H22/c1-7-3-4-10-9(5-7)6-11(13)8(2)12(10)14;1-7-3-4-9-10(5-7)11(13)6-8(2)12(9)14;1-7-3-4-9-6-8(2)11(13)12(14)10(9)5-7;1-8-3-6-11-10(7-8)5-4-9(2)12(11)13;1-8-3-4-10-5-9(2)7-12(13)11(10)6-8;1-8-3-4-10-6-9(2)12(13)7-11(10)5-8;2*1-9-3-5-12-8-10(2)4-6-11(12)7-9/h3*6-7H,3-5H2,1-2H3;4-5,8H,3,6-7H2,1-2H3;5,7-8H,3-4,6H2,1-2H3;6-8H,3-5H2,1-2H3;2*9-12H,3-8H2,1-2H3/i;;;;;;3D2,7D2;3D2,7D. The van der Waals surface area contributed by atoms with E-state index in [4.69, 9.17) is 9.60 Å². The molecular formula is C96H131F9. The number of halogens is 9. The largest absolute Gasteiger partial charge is 0.207 e. The highest BCUT2D eigenvalue weighted by Crippen LogP contribution is 2.46. The third-order valence-electron chi connectivity index (χ3n) is 25.0. The van der Waals surface area contributed by atoms with Crippen molar-refractivity contribution < 1.29 is 49.1 Å². The lowest BCUT2D eigenvalue weighted by Gasteiger charge is -2.40. The van der Waals surface area contributed by atoms with Crippen molar-refractivity contribution in [2.75, 3.05) is 0 Å². The van der Waals surface area contributed by atoms with Gasteiger partial charge in [-0.2, -0.15) is 0 Å². The van der Waals surface area contributed by atoms with Gasteiger partial charge >= 0.3 is 0 Å². The molecule has 0 radical (unpaired) electrons. The van der Waals surface area contributed by atoms with E-state index in [0.717, 1.165) is 178 Å². The molecule has 0 heterocycles. The SMILES string of the molecule is Cc1c(F)cc2c(c1F)CCC(C)C2.Cc1cc(F)c2c(c1)CCC(C)C2.Cc1cc(F)c2c(c1F)CCC(C)C2.Cc1cc2c(c(F)c1F)CC(C)CC2.Cc1cc2c(cc1F)CC(C)CC2.Cc1ccc2c(c1F)CCC(C)C2.[2H]C1([2H])CC2CC(C)CCC2C([2H])([2H])C1C.[2H]C1C2CCC(C)CC2CC([2H])([2H])C1C. The molecule has 10 aliphatic rings. The molecule has 0 amide bonds. The number of fused-ring (bicyclic) bond motifs is 8. The predicted molar refractivity (Wildman–Crippen MR) is 420 cm³/mol. The van der Waals surface area contributed by atoms with Crippen LogP contribution in [0.15, 0.2) is 54.6 Å². The van der Waals surface area contributed by atoms with Gasteiger partial charge in [0.2, 0.25) is 0 Å². The van der Waals surface area contributed by atoms with Gasteiger partial charge in [-0.1, -0.05) is 125 Å². The molecule has 16 rings (SSSR count).